The maximum Gasteiger partial charge on any atom is 0.296 e. The second kappa shape index (κ2) is 10.6. The van der Waals surface area contributed by atoms with Gasteiger partial charge in [0.1, 0.15) is 23.9 Å². The van der Waals surface area contributed by atoms with Gasteiger partial charge in [-0.3, -0.25) is 9.59 Å². The van der Waals surface area contributed by atoms with Crippen molar-refractivity contribution >= 4 is 40.0 Å². The smallest absolute Gasteiger partial charge is 0.296 e. The SMILES string of the molecule is Cc1ccccc1COc1ccc(/C(O)=C2\C(=O)C(=O)N(Cc3ccco3)C2c2ccc(I)cc2)cc1. The molecule has 2 heterocycles. The Hall–Kier alpha value is -3.85. The third kappa shape index (κ3) is 5.17. The summed E-state index contributed by atoms with van der Waals surface area (Å²) in [6.45, 7) is 2.56. The first-order chi connectivity index (χ1) is 17.9. The lowest BCUT2D eigenvalue weighted by atomic mass is 9.95. The summed E-state index contributed by atoms with van der Waals surface area (Å²) in [6, 6.07) is 25.1. The number of ether oxygens (including phenoxy) is 1. The molecule has 1 aliphatic rings. The Balaban J connectivity index is 1.47. The van der Waals surface area contributed by atoms with Crippen LogP contribution in [0.15, 0.2) is 101 Å². The van der Waals surface area contributed by atoms with E-state index in [1.807, 2.05) is 55.5 Å². The largest absolute Gasteiger partial charge is 0.507 e. The normalized spacial score (nSPS) is 16.8. The highest BCUT2D eigenvalue weighted by Gasteiger charge is 2.46. The number of furan rings is 1. The first-order valence-corrected chi connectivity index (χ1v) is 12.8. The molecule has 1 atom stereocenters. The zero-order valence-corrected chi connectivity index (χ0v) is 22.2. The van der Waals surface area contributed by atoms with E-state index in [1.54, 1.807) is 36.4 Å². The van der Waals surface area contributed by atoms with E-state index in [9.17, 15) is 14.7 Å². The molecule has 0 radical (unpaired) electrons. The van der Waals surface area contributed by atoms with Gasteiger partial charge in [0, 0.05) is 9.13 Å². The first kappa shape index (κ1) is 24.8. The molecule has 5 rings (SSSR count). The van der Waals surface area contributed by atoms with E-state index < -0.39 is 17.7 Å². The zero-order chi connectivity index (χ0) is 25.9. The fourth-order valence-corrected chi connectivity index (χ4v) is 4.76. The molecule has 0 spiro atoms. The van der Waals surface area contributed by atoms with Crippen molar-refractivity contribution in [2.24, 2.45) is 0 Å². The van der Waals surface area contributed by atoms with Crippen molar-refractivity contribution in [3.8, 4) is 5.75 Å². The predicted octanol–water partition coefficient (Wildman–Crippen LogP) is 6.39. The van der Waals surface area contributed by atoms with Crippen molar-refractivity contribution in [2.75, 3.05) is 0 Å². The van der Waals surface area contributed by atoms with Crippen LogP contribution in [0.1, 0.15) is 34.1 Å². The number of likely N-dealkylation sites (tertiary alicyclic amines) is 1. The van der Waals surface area contributed by atoms with E-state index in [1.165, 1.54) is 11.2 Å². The van der Waals surface area contributed by atoms with Crippen molar-refractivity contribution in [2.45, 2.75) is 26.1 Å². The maximum atomic E-state index is 13.2. The molecule has 0 aliphatic carbocycles. The van der Waals surface area contributed by atoms with Gasteiger partial charge in [0.25, 0.3) is 11.7 Å². The van der Waals surface area contributed by atoms with Gasteiger partial charge in [0.2, 0.25) is 0 Å². The Morgan fingerprint density at radius 3 is 2.38 bits per heavy atom. The topological polar surface area (TPSA) is 80.0 Å². The van der Waals surface area contributed by atoms with Crippen molar-refractivity contribution in [3.63, 3.8) is 0 Å². The van der Waals surface area contributed by atoms with Crippen LogP contribution in [-0.2, 0) is 22.7 Å². The Kier molecular flexibility index (Phi) is 7.14. The Morgan fingerprint density at radius 1 is 0.973 bits per heavy atom. The molecular weight excluding hydrogens is 581 g/mol. The highest BCUT2D eigenvalue weighted by atomic mass is 127. The molecule has 1 saturated heterocycles. The van der Waals surface area contributed by atoms with Crippen LogP contribution < -0.4 is 4.74 Å². The Bertz CT molecular complexity index is 1460. The number of aliphatic hydroxyl groups excluding tert-OH is 1. The molecule has 0 bridgehead atoms. The van der Waals surface area contributed by atoms with Gasteiger partial charge in [0.15, 0.2) is 0 Å². The van der Waals surface area contributed by atoms with Gasteiger partial charge in [0.05, 0.1) is 24.4 Å². The van der Waals surface area contributed by atoms with Crippen molar-refractivity contribution in [3.05, 3.63) is 128 Å². The maximum absolute atomic E-state index is 13.2. The monoisotopic (exact) mass is 605 g/mol. The Labute approximate surface area is 228 Å². The third-order valence-corrected chi connectivity index (χ3v) is 7.13. The van der Waals surface area contributed by atoms with Gasteiger partial charge in [-0.2, -0.15) is 0 Å². The second-order valence-electron chi connectivity index (χ2n) is 8.80. The summed E-state index contributed by atoms with van der Waals surface area (Å²) in [5.74, 6) is -0.457. The van der Waals surface area contributed by atoms with Gasteiger partial charge >= 0.3 is 0 Å². The number of ketones is 1. The highest BCUT2D eigenvalue weighted by molar-refractivity contribution is 14.1. The number of aryl methyl sites for hydroxylation is 1. The summed E-state index contributed by atoms with van der Waals surface area (Å²) in [7, 11) is 0. The van der Waals surface area contributed by atoms with E-state index >= 15 is 0 Å². The molecule has 1 aromatic heterocycles. The molecule has 7 heteroatoms. The number of rotatable bonds is 7. The van der Waals surface area contributed by atoms with Crippen LogP contribution in [0.4, 0.5) is 0 Å². The number of carbonyl (C=O) groups excluding carboxylic acids is 2. The van der Waals surface area contributed by atoms with Crippen LogP contribution in [-0.4, -0.2) is 21.7 Å². The molecule has 1 fully saturated rings. The average molecular weight is 605 g/mol. The number of nitrogens with zero attached hydrogens (tertiary/aromatic N) is 1. The van der Waals surface area contributed by atoms with Crippen LogP contribution in [0, 0.1) is 10.5 Å². The van der Waals surface area contributed by atoms with Gasteiger partial charge in [-0.15, -0.1) is 0 Å². The fourth-order valence-electron chi connectivity index (χ4n) is 4.40. The second-order valence-corrected chi connectivity index (χ2v) is 10.0. The summed E-state index contributed by atoms with van der Waals surface area (Å²) < 4.78 is 12.4. The Morgan fingerprint density at radius 2 is 1.70 bits per heavy atom. The molecule has 186 valence electrons. The van der Waals surface area contributed by atoms with Gasteiger partial charge in [-0.1, -0.05) is 36.4 Å². The van der Waals surface area contributed by atoms with E-state index in [0.29, 0.717) is 23.7 Å². The molecule has 1 amide bonds. The number of halogens is 1. The van der Waals surface area contributed by atoms with Crippen molar-refractivity contribution in [1.29, 1.82) is 0 Å². The number of Topliss-reactive ketones (excluding diaryl/α,β-unsaturated/α-hetero) is 1. The first-order valence-electron chi connectivity index (χ1n) is 11.8. The molecule has 37 heavy (non-hydrogen) atoms. The lowest BCUT2D eigenvalue weighted by Gasteiger charge is -2.24. The molecule has 3 aromatic carbocycles. The van der Waals surface area contributed by atoms with E-state index in [2.05, 4.69) is 22.6 Å². The number of amides is 1. The minimum Gasteiger partial charge on any atom is -0.507 e. The molecule has 6 nitrogen and oxygen atoms in total. The number of aliphatic hydroxyl groups is 1. The van der Waals surface area contributed by atoms with Crippen LogP contribution in [0.2, 0.25) is 0 Å². The highest BCUT2D eigenvalue weighted by Crippen LogP contribution is 2.40. The number of benzene rings is 3. The molecule has 4 aromatic rings. The van der Waals surface area contributed by atoms with Crippen molar-refractivity contribution in [1.82, 2.24) is 4.90 Å². The van der Waals surface area contributed by atoms with E-state index in [0.717, 1.165) is 20.3 Å². The lowest BCUT2D eigenvalue weighted by molar-refractivity contribution is -0.140. The average Bonchev–Trinajstić information content (AvgIpc) is 3.51. The molecule has 1 unspecified atom stereocenters. The molecule has 1 N–H and O–H groups in total. The summed E-state index contributed by atoms with van der Waals surface area (Å²) in [4.78, 5) is 27.7. The number of hydrogen-bond donors (Lipinski definition) is 1. The van der Waals surface area contributed by atoms with Crippen LogP contribution in [0.5, 0.6) is 5.75 Å². The van der Waals surface area contributed by atoms with Gasteiger partial charge < -0.3 is 19.2 Å². The van der Waals surface area contributed by atoms with Crippen molar-refractivity contribution < 1.29 is 23.8 Å². The number of hydrogen-bond acceptors (Lipinski definition) is 5. The molecule has 1 aliphatic heterocycles. The quantitative estimate of drug-likeness (QED) is 0.114. The molecule has 0 saturated carbocycles. The zero-order valence-electron chi connectivity index (χ0n) is 20.1. The summed E-state index contributed by atoms with van der Waals surface area (Å²) in [5.41, 5.74) is 3.43. The number of carbonyl (C=O) groups is 2. The van der Waals surface area contributed by atoms with Gasteiger partial charge in [-0.05, 0) is 94.7 Å². The van der Waals surface area contributed by atoms with Crippen LogP contribution in [0.3, 0.4) is 0 Å². The molecular formula is C30H24INO5. The summed E-state index contributed by atoms with van der Waals surface area (Å²) in [6.07, 6.45) is 1.52. The van der Waals surface area contributed by atoms with Gasteiger partial charge in [-0.25, -0.2) is 0 Å². The van der Waals surface area contributed by atoms with Crippen LogP contribution >= 0.6 is 22.6 Å². The summed E-state index contributed by atoms with van der Waals surface area (Å²) in [5, 5.41) is 11.3. The minimum atomic E-state index is -0.751. The van der Waals surface area contributed by atoms with E-state index in [4.69, 9.17) is 9.15 Å². The van der Waals surface area contributed by atoms with E-state index in [-0.39, 0.29) is 17.9 Å². The predicted molar refractivity (Wildman–Crippen MR) is 148 cm³/mol. The minimum absolute atomic E-state index is 0.0475. The van der Waals surface area contributed by atoms with Crippen LogP contribution in [0.25, 0.3) is 5.76 Å². The lowest BCUT2D eigenvalue weighted by Crippen LogP contribution is -2.29. The third-order valence-electron chi connectivity index (χ3n) is 6.42. The fraction of sp³-hybridized carbons (Fsp3) is 0.133. The standard InChI is InChI=1S/C30H24INO5/c1-19-5-2-3-6-22(19)18-37-24-14-10-21(11-15-24)28(33)26-27(20-8-12-23(31)13-9-20)32(30(35)29(26)34)17-25-7-4-16-36-25/h2-16,27,33H,17-18H2,1H3/b28-26+. The summed E-state index contributed by atoms with van der Waals surface area (Å²) >= 11 is 2.20.